The Labute approximate surface area is 127 Å². The van der Waals surface area contributed by atoms with Crippen molar-refractivity contribution in [3.8, 4) is 0 Å². The predicted octanol–water partition coefficient (Wildman–Crippen LogP) is 1.71. The van der Waals surface area contributed by atoms with Crippen molar-refractivity contribution in [1.29, 1.82) is 0 Å². The van der Waals surface area contributed by atoms with Gasteiger partial charge in [-0.2, -0.15) is 4.98 Å². The first-order chi connectivity index (χ1) is 10.1. The molecule has 2 aromatic heterocycles. The summed E-state index contributed by atoms with van der Waals surface area (Å²) in [6, 6.07) is 0. The zero-order chi connectivity index (χ0) is 15.2. The summed E-state index contributed by atoms with van der Waals surface area (Å²) in [6.07, 6.45) is 0. The highest BCUT2D eigenvalue weighted by Crippen LogP contribution is 2.15. The van der Waals surface area contributed by atoms with Crippen LogP contribution in [-0.2, 0) is 13.1 Å². The molecule has 0 saturated heterocycles. The molecular formula is C13H20N6OS. The predicted molar refractivity (Wildman–Crippen MR) is 82.3 cm³/mol. The van der Waals surface area contributed by atoms with E-state index in [1.165, 1.54) is 4.88 Å². The van der Waals surface area contributed by atoms with E-state index in [-0.39, 0.29) is 0 Å². The molecule has 0 amide bonds. The highest BCUT2D eigenvalue weighted by molar-refractivity contribution is 7.11. The van der Waals surface area contributed by atoms with Crippen LogP contribution in [0.4, 0.5) is 0 Å². The minimum Gasteiger partial charge on any atom is -0.357 e. The van der Waals surface area contributed by atoms with Crippen molar-refractivity contribution in [3.63, 3.8) is 0 Å². The number of aryl methyl sites for hydroxylation is 3. The van der Waals surface area contributed by atoms with Gasteiger partial charge in [-0.05, 0) is 27.7 Å². The first-order valence-electron chi connectivity index (χ1n) is 6.82. The molecule has 0 spiro atoms. The maximum absolute atomic E-state index is 5.04. The van der Waals surface area contributed by atoms with Gasteiger partial charge in [0.2, 0.25) is 5.89 Å². The molecule has 0 aliphatic rings. The van der Waals surface area contributed by atoms with E-state index < -0.39 is 0 Å². The van der Waals surface area contributed by atoms with Gasteiger partial charge in [0, 0.05) is 11.4 Å². The van der Waals surface area contributed by atoms with Crippen LogP contribution in [0.25, 0.3) is 0 Å². The quantitative estimate of drug-likeness (QED) is 0.646. The normalized spacial score (nSPS) is 11.7. The van der Waals surface area contributed by atoms with E-state index in [1.807, 2.05) is 13.8 Å². The zero-order valence-electron chi connectivity index (χ0n) is 12.7. The molecular weight excluding hydrogens is 288 g/mol. The molecule has 2 rings (SSSR count). The molecule has 114 valence electrons. The van der Waals surface area contributed by atoms with Crippen molar-refractivity contribution in [2.24, 2.45) is 4.99 Å². The highest BCUT2D eigenvalue weighted by atomic mass is 32.1. The lowest BCUT2D eigenvalue weighted by atomic mass is 10.4. The topological polar surface area (TPSA) is 88.2 Å². The van der Waals surface area contributed by atoms with Crippen molar-refractivity contribution >= 4 is 17.3 Å². The lowest BCUT2D eigenvalue weighted by Gasteiger charge is -2.09. The van der Waals surface area contributed by atoms with Gasteiger partial charge in [0.15, 0.2) is 11.8 Å². The minimum absolute atomic E-state index is 0.353. The molecule has 8 heteroatoms. The average Bonchev–Trinajstić information content (AvgIpc) is 3.00. The summed E-state index contributed by atoms with van der Waals surface area (Å²) >= 11 is 1.69. The van der Waals surface area contributed by atoms with Gasteiger partial charge in [-0.1, -0.05) is 5.16 Å². The van der Waals surface area contributed by atoms with Crippen molar-refractivity contribution < 1.29 is 4.52 Å². The molecule has 0 saturated carbocycles. The Morgan fingerprint density at radius 3 is 2.62 bits per heavy atom. The SMILES string of the molecule is CCNC(=NCc1nc(C)no1)NCc1nc(C)c(C)s1. The summed E-state index contributed by atoms with van der Waals surface area (Å²) in [5.41, 5.74) is 1.08. The number of hydrogen-bond acceptors (Lipinski definition) is 6. The van der Waals surface area contributed by atoms with Gasteiger partial charge in [0.1, 0.15) is 11.6 Å². The second-order valence-electron chi connectivity index (χ2n) is 4.53. The van der Waals surface area contributed by atoms with Crippen LogP contribution in [0.1, 0.15) is 34.2 Å². The molecule has 0 fully saturated rings. The summed E-state index contributed by atoms with van der Waals surface area (Å²) in [4.78, 5) is 14.3. The molecule has 0 aromatic carbocycles. The van der Waals surface area contributed by atoms with Crippen molar-refractivity contribution in [3.05, 3.63) is 27.3 Å². The maximum Gasteiger partial charge on any atom is 0.248 e. The number of aliphatic imine (C=N–C) groups is 1. The maximum atomic E-state index is 5.04. The summed E-state index contributed by atoms with van der Waals surface area (Å²) in [5, 5.41) is 11.2. The third kappa shape index (κ3) is 4.52. The lowest BCUT2D eigenvalue weighted by Crippen LogP contribution is -2.36. The Morgan fingerprint density at radius 2 is 2.05 bits per heavy atom. The Hall–Kier alpha value is -1.96. The van der Waals surface area contributed by atoms with Crippen LogP contribution in [0, 0.1) is 20.8 Å². The van der Waals surface area contributed by atoms with Crippen molar-refractivity contribution in [1.82, 2.24) is 25.8 Å². The summed E-state index contributed by atoms with van der Waals surface area (Å²) in [5.74, 6) is 1.83. The number of hydrogen-bond donors (Lipinski definition) is 2. The standard InChI is InChI=1S/C13H20N6OS/c1-5-14-13(15-6-11-18-10(4)19-20-11)16-7-12-17-8(2)9(3)21-12/h5-7H2,1-4H3,(H2,14,15,16). The molecule has 2 N–H and O–H groups in total. The highest BCUT2D eigenvalue weighted by Gasteiger charge is 2.06. The molecule has 2 aromatic rings. The van der Waals surface area contributed by atoms with E-state index in [4.69, 9.17) is 4.52 Å². The smallest absolute Gasteiger partial charge is 0.248 e. The van der Waals surface area contributed by atoms with E-state index in [9.17, 15) is 0 Å². The Kier molecular flexibility index (Phi) is 5.26. The fourth-order valence-corrected chi connectivity index (χ4v) is 2.54. The number of rotatable bonds is 5. The Morgan fingerprint density at radius 1 is 1.24 bits per heavy atom. The van der Waals surface area contributed by atoms with Gasteiger partial charge in [-0.25, -0.2) is 9.98 Å². The van der Waals surface area contributed by atoms with Gasteiger partial charge < -0.3 is 15.2 Å². The number of nitrogens with zero attached hydrogens (tertiary/aromatic N) is 4. The molecule has 0 unspecified atom stereocenters. The van der Waals surface area contributed by atoms with E-state index in [2.05, 4.69) is 37.7 Å². The molecule has 0 aliphatic carbocycles. The molecule has 2 heterocycles. The number of guanidine groups is 1. The van der Waals surface area contributed by atoms with Crippen LogP contribution in [0.3, 0.4) is 0 Å². The summed E-state index contributed by atoms with van der Waals surface area (Å²) < 4.78 is 5.04. The Balaban J connectivity index is 1.94. The monoisotopic (exact) mass is 308 g/mol. The van der Waals surface area contributed by atoms with Crippen LogP contribution < -0.4 is 10.6 Å². The van der Waals surface area contributed by atoms with Gasteiger partial charge >= 0.3 is 0 Å². The summed E-state index contributed by atoms with van der Waals surface area (Å²) in [6.45, 7) is 9.68. The zero-order valence-corrected chi connectivity index (χ0v) is 13.5. The van der Waals surface area contributed by atoms with Gasteiger partial charge in [0.05, 0.1) is 12.2 Å². The number of nitrogens with one attached hydrogen (secondary N) is 2. The lowest BCUT2D eigenvalue weighted by molar-refractivity contribution is 0.376. The van der Waals surface area contributed by atoms with Crippen LogP contribution in [0.2, 0.25) is 0 Å². The van der Waals surface area contributed by atoms with Crippen LogP contribution in [0.15, 0.2) is 9.52 Å². The summed E-state index contributed by atoms with van der Waals surface area (Å²) in [7, 11) is 0. The average molecular weight is 308 g/mol. The molecule has 0 bridgehead atoms. The second kappa shape index (κ2) is 7.16. The molecule has 0 atom stereocenters. The van der Waals surface area contributed by atoms with E-state index in [0.29, 0.717) is 30.8 Å². The Bertz CT molecular complexity index is 598. The molecule has 0 aliphatic heterocycles. The van der Waals surface area contributed by atoms with Crippen LogP contribution in [-0.4, -0.2) is 27.6 Å². The first kappa shape index (κ1) is 15.4. The van der Waals surface area contributed by atoms with Gasteiger partial charge in [-0.3, -0.25) is 0 Å². The van der Waals surface area contributed by atoms with Crippen LogP contribution >= 0.6 is 11.3 Å². The second-order valence-corrected chi connectivity index (χ2v) is 5.82. The van der Waals surface area contributed by atoms with Gasteiger partial charge in [-0.15, -0.1) is 11.3 Å². The fourth-order valence-electron chi connectivity index (χ4n) is 1.67. The molecule has 0 radical (unpaired) electrons. The van der Waals surface area contributed by atoms with Crippen molar-refractivity contribution in [2.75, 3.05) is 6.54 Å². The molecule has 21 heavy (non-hydrogen) atoms. The third-order valence-electron chi connectivity index (χ3n) is 2.77. The fraction of sp³-hybridized carbons (Fsp3) is 0.538. The number of aromatic nitrogens is 3. The van der Waals surface area contributed by atoms with E-state index in [1.54, 1.807) is 18.3 Å². The van der Waals surface area contributed by atoms with E-state index in [0.717, 1.165) is 17.2 Å². The van der Waals surface area contributed by atoms with Gasteiger partial charge in [0.25, 0.3) is 0 Å². The third-order valence-corrected chi connectivity index (χ3v) is 3.84. The van der Waals surface area contributed by atoms with E-state index >= 15 is 0 Å². The number of thiazole rings is 1. The molecule has 7 nitrogen and oxygen atoms in total. The van der Waals surface area contributed by atoms with Crippen molar-refractivity contribution in [2.45, 2.75) is 40.8 Å². The first-order valence-corrected chi connectivity index (χ1v) is 7.64. The van der Waals surface area contributed by atoms with Crippen LogP contribution in [0.5, 0.6) is 0 Å². The largest absolute Gasteiger partial charge is 0.357 e. The minimum atomic E-state index is 0.353.